The zero-order valence-electron chi connectivity index (χ0n) is 9.91. The van der Waals surface area contributed by atoms with Crippen molar-refractivity contribution in [2.45, 2.75) is 56.7 Å². The van der Waals surface area contributed by atoms with E-state index in [0.717, 1.165) is 19.3 Å². The van der Waals surface area contributed by atoms with Gasteiger partial charge in [0.25, 0.3) is 0 Å². The van der Waals surface area contributed by atoms with Crippen molar-refractivity contribution in [1.29, 1.82) is 5.41 Å². The van der Waals surface area contributed by atoms with Crippen LogP contribution in [0.2, 0.25) is 0 Å². The quantitative estimate of drug-likeness (QED) is 0.510. The molecule has 1 rings (SSSR count). The molecule has 0 aliphatic heterocycles. The molecule has 1 aliphatic carbocycles. The second-order valence-electron chi connectivity index (χ2n) is 4.95. The van der Waals surface area contributed by atoms with Crippen molar-refractivity contribution in [2.24, 2.45) is 5.73 Å². The van der Waals surface area contributed by atoms with E-state index in [9.17, 15) is 8.42 Å². The van der Waals surface area contributed by atoms with Crippen molar-refractivity contribution < 1.29 is 8.42 Å². The summed E-state index contributed by atoms with van der Waals surface area (Å²) >= 11 is 0. The Morgan fingerprint density at radius 2 is 1.81 bits per heavy atom. The van der Waals surface area contributed by atoms with Crippen LogP contribution >= 0.6 is 0 Å². The van der Waals surface area contributed by atoms with Crippen LogP contribution in [0.4, 0.5) is 0 Å². The predicted octanol–water partition coefficient (Wildman–Crippen LogP) is 0.953. The summed E-state index contributed by atoms with van der Waals surface area (Å²) < 4.78 is 26.6. The van der Waals surface area contributed by atoms with Gasteiger partial charge in [-0.1, -0.05) is 19.3 Å². The molecule has 6 heteroatoms. The number of amidine groups is 1. The van der Waals surface area contributed by atoms with E-state index in [1.54, 1.807) is 13.8 Å². The molecule has 0 unspecified atom stereocenters. The molecular weight excluding hydrogens is 226 g/mol. The Kier molecular flexibility index (Phi) is 3.96. The summed E-state index contributed by atoms with van der Waals surface area (Å²) in [6, 6.07) is 0. The van der Waals surface area contributed by atoms with E-state index in [2.05, 4.69) is 4.72 Å². The predicted molar refractivity (Wildman–Crippen MR) is 64.9 cm³/mol. The Balaban J connectivity index is 2.74. The van der Waals surface area contributed by atoms with Gasteiger partial charge >= 0.3 is 0 Å². The molecule has 4 N–H and O–H groups in total. The van der Waals surface area contributed by atoms with Crippen LogP contribution in [0.1, 0.15) is 46.0 Å². The molecule has 0 radical (unpaired) electrons. The fourth-order valence-corrected chi connectivity index (χ4v) is 3.81. The third-order valence-corrected chi connectivity index (χ3v) is 5.21. The smallest absolute Gasteiger partial charge is 0.215 e. The number of nitrogens with one attached hydrogen (secondary N) is 2. The van der Waals surface area contributed by atoms with Gasteiger partial charge in [0.05, 0.1) is 10.8 Å². The molecule has 0 saturated heterocycles. The maximum absolute atomic E-state index is 12.0. The highest BCUT2D eigenvalue weighted by atomic mass is 32.2. The molecule has 1 aliphatic rings. The molecule has 0 aromatic heterocycles. The van der Waals surface area contributed by atoms with Gasteiger partial charge in [0.2, 0.25) is 10.0 Å². The first-order valence-electron chi connectivity index (χ1n) is 5.63. The zero-order valence-corrected chi connectivity index (χ0v) is 10.7. The molecule has 0 bridgehead atoms. The van der Waals surface area contributed by atoms with Crippen molar-refractivity contribution in [2.75, 3.05) is 0 Å². The summed E-state index contributed by atoms with van der Waals surface area (Å²) in [4.78, 5) is 0. The number of nitrogens with two attached hydrogens (primary N) is 1. The van der Waals surface area contributed by atoms with Gasteiger partial charge in [-0.2, -0.15) is 0 Å². The second-order valence-corrected chi connectivity index (χ2v) is 6.91. The first-order chi connectivity index (χ1) is 7.26. The molecule has 0 heterocycles. The Morgan fingerprint density at radius 1 is 1.31 bits per heavy atom. The third-order valence-electron chi connectivity index (χ3n) is 3.06. The maximum atomic E-state index is 12.0. The molecule has 94 valence electrons. The normalized spacial score (nSPS) is 19.6. The van der Waals surface area contributed by atoms with Gasteiger partial charge in [-0.15, -0.1) is 0 Å². The molecule has 0 aromatic carbocycles. The highest BCUT2D eigenvalue weighted by molar-refractivity contribution is 7.90. The highest BCUT2D eigenvalue weighted by Gasteiger charge is 2.33. The average molecular weight is 247 g/mol. The number of hydrogen-bond acceptors (Lipinski definition) is 3. The monoisotopic (exact) mass is 247 g/mol. The number of sulfonamides is 1. The van der Waals surface area contributed by atoms with Gasteiger partial charge in [-0.05, 0) is 26.7 Å². The molecule has 0 atom stereocenters. The van der Waals surface area contributed by atoms with E-state index >= 15 is 0 Å². The van der Waals surface area contributed by atoms with Crippen LogP contribution < -0.4 is 10.5 Å². The van der Waals surface area contributed by atoms with E-state index in [4.69, 9.17) is 11.1 Å². The van der Waals surface area contributed by atoms with Gasteiger partial charge in [-0.25, -0.2) is 13.1 Å². The van der Waals surface area contributed by atoms with Crippen LogP contribution in [-0.4, -0.2) is 25.0 Å². The summed E-state index contributed by atoms with van der Waals surface area (Å²) in [6.07, 6.45) is 4.47. The summed E-state index contributed by atoms with van der Waals surface area (Å²) in [6.45, 7) is 3.21. The lowest BCUT2D eigenvalue weighted by Crippen LogP contribution is -2.54. The Morgan fingerprint density at radius 3 is 2.25 bits per heavy atom. The topological polar surface area (TPSA) is 96.0 Å². The van der Waals surface area contributed by atoms with Crippen molar-refractivity contribution in [3.63, 3.8) is 0 Å². The average Bonchev–Trinajstić information content (AvgIpc) is 2.17. The molecule has 1 fully saturated rings. The van der Waals surface area contributed by atoms with Crippen molar-refractivity contribution >= 4 is 15.9 Å². The summed E-state index contributed by atoms with van der Waals surface area (Å²) in [5.74, 6) is -0.160. The first-order valence-corrected chi connectivity index (χ1v) is 7.17. The first kappa shape index (κ1) is 13.4. The fourth-order valence-electron chi connectivity index (χ4n) is 1.87. The molecular formula is C10H21N3O2S. The van der Waals surface area contributed by atoms with Crippen molar-refractivity contribution in [3.8, 4) is 0 Å². The van der Waals surface area contributed by atoms with Crippen LogP contribution in [0.25, 0.3) is 0 Å². The fraction of sp³-hybridized carbons (Fsp3) is 0.900. The SMILES string of the molecule is CC(C)(NS(=O)(=O)C1CCCCC1)C(=N)N. The lowest BCUT2D eigenvalue weighted by molar-refractivity contribution is 0.466. The lowest BCUT2D eigenvalue weighted by atomic mass is 10.0. The minimum Gasteiger partial charge on any atom is -0.386 e. The van der Waals surface area contributed by atoms with Gasteiger partial charge in [-0.3, -0.25) is 5.41 Å². The molecule has 0 spiro atoms. The highest BCUT2D eigenvalue weighted by Crippen LogP contribution is 2.24. The molecule has 5 nitrogen and oxygen atoms in total. The van der Waals surface area contributed by atoms with Crippen molar-refractivity contribution in [3.05, 3.63) is 0 Å². The summed E-state index contributed by atoms with van der Waals surface area (Å²) in [5, 5.41) is 7.02. The van der Waals surface area contributed by atoms with Crippen LogP contribution in [0.15, 0.2) is 0 Å². The van der Waals surface area contributed by atoms with E-state index in [0.29, 0.717) is 12.8 Å². The van der Waals surface area contributed by atoms with Crippen LogP contribution in [0.3, 0.4) is 0 Å². The minimum atomic E-state index is -3.36. The largest absolute Gasteiger partial charge is 0.386 e. The zero-order chi connectivity index (χ0) is 12.4. The van der Waals surface area contributed by atoms with Crippen LogP contribution in [0, 0.1) is 5.41 Å². The lowest BCUT2D eigenvalue weighted by Gasteiger charge is -2.29. The van der Waals surface area contributed by atoms with Crippen molar-refractivity contribution in [1.82, 2.24) is 4.72 Å². The van der Waals surface area contributed by atoms with E-state index in [1.807, 2.05) is 0 Å². The standard InChI is InChI=1S/C10H21N3O2S/c1-10(2,9(11)12)13-16(14,15)8-6-4-3-5-7-8/h8,13H,3-7H2,1-2H3,(H3,11,12). The maximum Gasteiger partial charge on any atom is 0.215 e. The Hall–Kier alpha value is -0.620. The number of hydrogen-bond donors (Lipinski definition) is 3. The summed E-state index contributed by atoms with van der Waals surface area (Å²) in [7, 11) is -3.36. The molecule has 1 saturated carbocycles. The van der Waals surface area contributed by atoms with E-state index in [-0.39, 0.29) is 11.1 Å². The van der Waals surface area contributed by atoms with Crippen LogP contribution in [0.5, 0.6) is 0 Å². The van der Waals surface area contributed by atoms with Gasteiger partial charge in [0.1, 0.15) is 5.84 Å². The Labute approximate surface area is 97.4 Å². The summed E-state index contributed by atoms with van der Waals surface area (Å²) in [5.41, 5.74) is 4.37. The van der Waals surface area contributed by atoms with Gasteiger partial charge in [0.15, 0.2) is 0 Å². The van der Waals surface area contributed by atoms with E-state index in [1.165, 1.54) is 0 Å². The minimum absolute atomic E-state index is 0.160. The van der Waals surface area contributed by atoms with Gasteiger partial charge in [0, 0.05) is 0 Å². The second kappa shape index (κ2) is 4.71. The van der Waals surface area contributed by atoms with Gasteiger partial charge < -0.3 is 5.73 Å². The number of rotatable bonds is 4. The molecule has 0 amide bonds. The Bertz CT molecular complexity index is 356. The molecule has 0 aromatic rings. The van der Waals surface area contributed by atoms with Crippen LogP contribution in [-0.2, 0) is 10.0 Å². The molecule has 16 heavy (non-hydrogen) atoms. The van der Waals surface area contributed by atoms with E-state index < -0.39 is 15.6 Å². The third kappa shape index (κ3) is 3.18.